The summed E-state index contributed by atoms with van der Waals surface area (Å²) in [6.45, 7) is 4.52. The molecule has 0 aromatic heterocycles. The van der Waals surface area contributed by atoms with Crippen LogP contribution in [0, 0.1) is 0 Å². The topological polar surface area (TPSA) is 58.6 Å². The number of anilines is 1. The molecular formula is C13H19NO3. The van der Waals surface area contributed by atoms with Gasteiger partial charge in [0.15, 0.2) is 0 Å². The first-order valence-corrected chi connectivity index (χ1v) is 5.89. The highest BCUT2D eigenvalue weighted by atomic mass is 16.5. The minimum Gasteiger partial charge on any atom is -0.494 e. The van der Waals surface area contributed by atoms with Gasteiger partial charge in [-0.15, -0.1) is 0 Å². The molecule has 0 amide bonds. The molecule has 4 heteroatoms. The third-order valence-corrected chi connectivity index (χ3v) is 2.38. The van der Waals surface area contributed by atoms with Crippen molar-refractivity contribution in [3.8, 4) is 5.75 Å². The Balaban J connectivity index is 2.63. The number of rotatable bonds is 7. The van der Waals surface area contributed by atoms with E-state index in [9.17, 15) is 4.79 Å². The number of benzene rings is 1. The first-order valence-electron chi connectivity index (χ1n) is 5.89. The standard InChI is InChI=1S/C13H19NO3/c1-3-5-12(13(15)16)14-10-6-8-11(9-7-10)17-4-2/h6-9,12,14H,3-5H2,1-2H3,(H,15,16)/t12-/m1/s1. The monoisotopic (exact) mass is 237 g/mol. The van der Waals surface area contributed by atoms with Crippen molar-refractivity contribution >= 4 is 11.7 Å². The molecule has 0 fully saturated rings. The molecule has 1 aromatic rings. The SMILES string of the molecule is CCC[C@@H](Nc1ccc(OCC)cc1)C(=O)O. The summed E-state index contributed by atoms with van der Waals surface area (Å²) in [6, 6.07) is 6.79. The van der Waals surface area contributed by atoms with E-state index in [1.807, 2.05) is 38.1 Å². The van der Waals surface area contributed by atoms with Gasteiger partial charge in [-0.2, -0.15) is 0 Å². The number of hydrogen-bond donors (Lipinski definition) is 2. The van der Waals surface area contributed by atoms with Crippen molar-refractivity contribution in [2.45, 2.75) is 32.7 Å². The van der Waals surface area contributed by atoms with E-state index in [4.69, 9.17) is 9.84 Å². The van der Waals surface area contributed by atoms with Crippen LogP contribution < -0.4 is 10.1 Å². The summed E-state index contributed by atoms with van der Waals surface area (Å²) in [5, 5.41) is 12.0. The zero-order chi connectivity index (χ0) is 12.7. The fourth-order valence-electron chi connectivity index (χ4n) is 1.56. The zero-order valence-corrected chi connectivity index (χ0v) is 10.3. The number of nitrogens with one attached hydrogen (secondary N) is 1. The van der Waals surface area contributed by atoms with Gasteiger partial charge >= 0.3 is 5.97 Å². The van der Waals surface area contributed by atoms with Crippen LogP contribution in [0.4, 0.5) is 5.69 Å². The highest BCUT2D eigenvalue weighted by molar-refractivity contribution is 5.77. The summed E-state index contributed by atoms with van der Waals surface area (Å²) < 4.78 is 5.32. The smallest absolute Gasteiger partial charge is 0.326 e. The molecule has 0 saturated heterocycles. The number of ether oxygens (including phenoxy) is 1. The van der Waals surface area contributed by atoms with E-state index in [0.29, 0.717) is 13.0 Å². The second-order valence-corrected chi connectivity index (χ2v) is 3.78. The molecular weight excluding hydrogens is 218 g/mol. The largest absolute Gasteiger partial charge is 0.494 e. The molecule has 1 rings (SSSR count). The van der Waals surface area contributed by atoms with E-state index >= 15 is 0 Å². The van der Waals surface area contributed by atoms with Crippen LogP contribution in [0.5, 0.6) is 5.75 Å². The third-order valence-electron chi connectivity index (χ3n) is 2.38. The van der Waals surface area contributed by atoms with Crippen LogP contribution in [0.3, 0.4) is 0 Å². The van der Waals surface area contributed by atoms with Gasteiger partial charge in [0.25, 0.3) is 0 Å². The van der Waals surface area contributed by atoms with Crippen molar-refractivity contribution in [1.82, 2.24) is 0 Å². The Labute approximate surface area is 102 Å². The van der Waals surface area contributed by atoms with Crippen LogP contribution in [-0.2, 0) is 4.79 Å². The average Bonchev–Trinajstić information content (AvgIpc) is 2.31. The van der Waals surface area contributed by atoms with Gasteiger partial charge in [-0.05, 0) is 37.6 Å². The molecule has 0 spiro atoms. The fraction of sp³-hybridized carbons (Fsp3) is 0.462. The van der Waals surface area contributed by atoms with Crippen LogP contribution in [0.25, 0.3) is 0 Å². The highest BCUT2D eigenvalue weighted by Crippen LogP contribution is 2.17. The highest BCUT2D eigenvalue weighted by Gasteiger charge is 2.15. The average molecular weight is 237 g/mol. The summed E-state index contributed by atoms with van der Waals surface area (Å²) in [5.41, 5.74) is 0.800. The summed E-state index contributed by atoms with van der Waals surface area (Å²) in [7, 11) is 0. The van der Waals surface area contributed by atoms with Crippen molar-refractivity contribution in [2.24, 2.45) is 0 Å². The molecule has 4 nitrogen and oxygen atoms in total. The second kappa shape index (κ2) is 6.78. The maximum absolute atomic E-state index is 11.0. The summed E-state index contributed by atoms with van der Waals surface area (Å²) in [4.78, 5) is 11.0. The minimum atomic E-state index is -0.819. The lowest BCUT2D eigenvalue weighted by molar-refractivity contribution is -0.138. The first kappa shape index (κ1) is 13.4. The molecule has 1 atom stereocenters. The van der Waals surface area contributed by atoms with Gasteiger partial charge in [-0.25, -0.2) is 4.79 Å². The van der Waals surface area contributed by atoms with Crippen molar-refractivity contribution in [3.05, 3.63) is 24.3 Å². The Morgan fingerprint density at radius 2 is 2.00 bits per heavy atom. The lowest BCUT2D eigenvalue weighted by Gasteiger charge is -2.15. The van der Waals surface area contributed by atoms with Crippen LogP contribution in [0.15, 0.2) is 24.3 Å². The van der Waals surface area contributed by atoms with Crippen LogP contribution in [-0.4, -0.2) is 23.7 Å². The van der Waals surface area contributed by atoms with Crippen molar-refractivity contribution in [1.29, 1.82) is 0 Å². The van der Waals surface area contributed by atoms with Crippen LogP contribution in [0.1, 0.15) is 26.7 Å². The Morgan fingerprint density at radius 3 is 2.47 bits per heavy atom. The number of carbonyl (C=O) groups is 1. The lowest BCUT2D eigenvalue weighted by atomic mass is 10.1. The molecule has 2 N–H and O–H groups in total. The molecule has 0 aliphatic heterocycles. The summed E-state index contributed by atoms with van der Waals surface area (Å²) in [5.74, 6) is -0.0267. The van der Waals surface area contributed by atoms with Gasteiger partial charge in [-0.3, -0.25) is 0 Å². The van der Waals surface area contributed by atoms with E-state index in [0.717, 1.165) is 17.9 Å². The number of aliphatic carboxylic acids is 1. The quantitative estimate of drug-likeness (QED) is 0.765. The Kier molecular flexibility index (Phi) is 5.33. The molecule has 0 bridgehead atoms. The molecule has 0 unspecified atom stereocenters. The van der Waals surface area contributed by atoms with E-state index < -0.39 is 12.0 Å². The van der Waals surface area contributed by atoms with Crippen molar-refractivity contribution in [3.63, 3.8) is 0 Å². The normalized spacial score (nSPS) is 11.9. The molecule has 0 saturated carbocycles. The maximum atomic E-state index is 11.0. The van der Waals surface area contributed by atoms with Gasteiger partial charge in [0.1, 0.15) is 11.8 Å². The Hall–Kier alpha value is -1.71. The first-order chi connectivity index (χ1) is 8.17. The lowest BCUT2D eigenvalue weighted by Crippen LogP contribution is -2.28. The molecule has 1 aromatic carbocycles. The Bertz CT molecular complexity index is 348. The zero-order valence-electron chi connectivity index (χ0n) is 10.3. The van der Waals surface area contributed by atoms with Crippen molar-refractivity contribution < 1.29 is 14.6 Å². The van der Waals surface area contributed by atoms with E-state index in [-0.39, 0.29) is 0 Å². The third kappa shape index (κ3) is 4.34. The molecule has 0 aliphatic carbocycles. The molecule has 0 radical (unpaired) electrons. The van der Waals surface area contributed by atoms with Crippen LogP contribution in [0.2, 0.25) is 0 Å². The predicted molar refractivity (Wildman–Crippen MR) is 67.6 cm³/mol. The second-order valence-electron chi connectivity index (χ2n) is 3.78. The molecule has 0 heterocycles. The van der Waals surface area contributed by atoms with Gasteiger partial charge < -0.3 is 15.2 Å². The minimum absolute atomic E-state index is 0.530. The van der Waals surface area contributed by atoms with Gasteiger partial charge in [0, 0.05) is 5.69 Å². The predicted octanol–water partition coefficient (Wildman–Crippen LogP) is 2.75. The summed E-state index contributed by atoms with van der Waals surface area (Å²) in [6.07, 6.45) is 1.45. The maximum Gasteiger partial charge on any atom is 0.326 e. The Morgan fingerprint density at radius 1 is 1.35 bits per heavy atom. The van der Waals surface area contributed by atoms with E-state index in [1.165, 1.54) is 0 Å². The molecule has 94 valence electrons. The number of carboxylic acid groups (broad SMARTS) is 1. The van der Waals surface area contributed by atoms with Crippen molar-refractivity contribution in [2.75, 3.05) is 11.9 Å². The van der Waals surface area contributed by atoms with E-state index in [1.54, 1.807) is 0 Å². The fourth-order valence-corrected chi connectivity index (χ4v) is 1.56. The van der Waals surface area contributed by atoms with Crippen LogP contribution >= 0.6 is 0 Å². The van der Waals surface area contributed by atoms with E-state index in [2.05, 4.69) is 5.32 Å². The number of carboxylic acids is 1. The van der Waals surface area contributed by atoms with Gasteiger partial charge in [0.05, 0.1) is 6.61 Å². The van der Waals surface area contributed by atoms with Gasteiger partial charge in [0.2, 0.25) is 0 Å². The number of hydrogen-bond acceptors (Lipinski definition) is 3. The summed E-state index contributed by atoms with van der Waals surface area (Å²) >= 11 is 0. The molecule has 17 heavy (non-hydrogen) atoms. The molecule has 0 aliphatic rings. The van der Waals surface area contributed by atoms with Gasteiger partial charge in [-0.1, -0.05) is 13.3 Å².